The standard InChI is InChI=1S/C14H19N3O2/c1-8-7-11(10(3)19-8)9(2)16-13-6-5-12(15)14(17-13)18-4/h5-7,9H,15H2,1-4H3,(H,16,17). The van der Waals surface area contributed by atoms with Gasteiger partial charge in [-0.1, -0.05) is 0 Å². The Morgan fingerprint density at radius 2 is 2.11 bits per heavy atom. The molecule has 0 saturated carbocycles. The van der Waals surface area contributed by atoms with Crippen molar-refractivity contribution in [2.75, 3.05) is 18.2 Å². The van der Waals surface area contributed by atoms with Gasteiger partial charge in [0.15, 0.2) is 0 Å². The Labute approximate surface area is 112 Å². The fourth-order valence-electron chi connectivity index (χ4n) is 2.08. The van der Waals surface area contributed by atoms with Gasteiger partial charge in [0.2, 0.25) is 5.88 Å². The number of nitrogen functional groups attached to an aromatic ring is 1. The van der Waals surface area contributed by atoms with Crippen molar-refractivity contribution in [1.82, 2.24) is 4.98 Å². The van der Waals surface area contributed by atoms with Crippen LogP contribution in [0.4, 0.5) is 11.5 Å². The molecule has 0 aliphatic carbocycles. The highest BCUT2D eigenvalue weighted by atomic mass is 16.5. The molecular weight excluding hydrogens is 242 g/mol. The van der Waals surface area contributed by atoms with E-state index in [4.69, 9.17) is 14.9 Å². The largest absolute Gasteiger partial charge is 0.479 e. The van der Waals surface area contributed by atoms with Gasteiger partial charge < -0.3 is 20.2 Å². The lowest BCUT2D eigenvalue weighted by molar-refractivity contribution is 0.400. The number of aromatic nitrogens is 1. The first-order valence-corrected chi connectivity index (χ1v) is 6.15. The molecule has 2 heterocycles. The Morgan fingerprint density at radius 1 is 1.37 bits per heavy atom. The van der Waals surface area contributed by atoms with Crippen LogP contribution in [0, 0.1) is 13.8 Å². The van der Waals surface area contributed by atoms with E-state index in [-0.39, 0.29) is 6.04 Å². The van der Waals surface area contributed by atoms with E-state index in [0.717, 1.165) is 22.9 Å². The average molecular weight is 261 g/mol. The Bertz CT molecular complexity index is 578. The highest BCUT2D eigenvalue weighted by molar-refractivity contribution is 5.54. The monoisotopic (exact) mass is 261 g/mol. The summed E-state index contributed by atoms with van der Waals surface area (Å²) in [4.78, 5) is 4.30. The van der Waals surface area contributed by atoms with Gasteiger partial charge in [0, 0.05) is 5.56 Å². The third-order valence-corrected chi connectivity index (χ3v) is 2.99. The van der Waals surface area contributed by atoms with Gasteiger partial charge in [0.05, 0.1) is 18.8 Å². The molecular formula is C14H19N3O2. The Morgan fingerprint density at radius 3 is 2.68 bits per heavy atom. The summed E-state index contributed by atoms with van der Waals surface area (Å²) < 4.78 is 10.6. The second-order valence-corrected chi connectivity index (χ2v) is 4.53. The number of rotatable bonds is 4. The lowest BCUT2D eigenvalue weighted by Crippen LogP contribution is -2.09. The summed E-state index contributed by atoms with van der Waals surface area (Å²) in [6.45, 7) is 5.95. The van der Waals surface area contributed by atoms with Crippen molar-refractivity contribution >= 4 is 11.5 Å². The molecule has 0 saturated heterocycles. The predicted molar refractivity (Wildman–Crippen MR) is 75.4 cm³/mol. The normalized spacial score (nSPS) is 12.2. The van der Waals surface area contributed by atoms with Crippen molar-refractivity contribution in [2.24, 2.45) is 0 Å². The highest BCUT2D eigenvalue weighted by Crippen LogP contribution is 2.26. The van der Waals surface area contributed by atoms with Crippen LogP contribution < -0.4 is 15.8 Å². The molecule has 0 amide bonds. The van der Waals surface area contributed by atoms with Gasteiger partial charge in [0.25, 0.3) is 0 Å². The number of hydrogen-bond donors (Lipinski definition) is 2. The van der Waals surface area contributed by atoms with E-state index in [2.05, 4.69) is 17.2 Å². The molecule has 1 atom stereocenters. The van der Waals surface area contributed by atoms with E-state index >= 15 is 0 Å². The minimum Gasteiger partial charge on any atom is -0.479 e. The van der Waals surface area contributed by atoms with Crippen molar-refractivity contribution in [1.29, 1.82) is 0 Å². The Hall–Kier alpha value is -2.17. The Balaban J connectivity index is 2.19. The first kappa shape index (κ1) is 13.3. The summed E-state index contributed by atoms with van der Waals surface area (Å²) >= 11 is 0. The number of nitrogens with zero attached hydrogens (tertiary/aromatic N) is 1. The van der Waals surface area contributed by atoms with Crippen molar-refractivity contribution in [3.8, 4) is 5.88 Å². The maximum atomic E-state index is 5.74. The highest BCUT2D eigenvalue weighted by Gasteiger charge is 2.13. The summed E-state index contributed by atoms with van der Waals surface area (Å²) in [6, 6.07) is 5.73. The molecule has 0 aromatic carbocycles. The fourth-order valence-corrected chi connectivity index (χ4v) is 2.08. The van der Waals surface area contributed by atoms with Crippen LogP contribution in [0.25, 0.3) is 0 Å². The van der Waals surface area contributed by atoms with Crippen molar-refractivity contribution in [2.45, 2.75) is 26.8 Å². The number of aryl methyl sites for hydroxylation is 2. The zero-order valence-electron chi connectivity index (χ0n) is 11.7. The summed E-state index contributed by atoms with van der Waals surface area (Å²) in [6.07, 6.45) is 0. The summed E-state index contributed by atoms with van der Waals surface area (Å²) in [5.74, 6) is 2.97. The number of pyridine rings is 1. The number of methoxy groups -OCH3 is 1. The molecule has 0 fully saturated rings. The van der Waals surface area contributed by atoms with Crippen molar-refractivity contribution in [3.05, 3.63) is 35.3 Å². The summed E-state index contributed by atoms with van der Waals surface area (Å²) in [7, 11) is 1.55. The number of nitrogens with one attached hydrogen (secondary N) is 1. The predicted octanol–water partition coefficient (Wildman–Crippen LogP) is 3.06. The molecule has 5 heteroatoms. The summed E-state index contributed by atoms with van der Waals surface area (Å²) in [5.41, 5.74) is 7.38. The smallest absolute Gasteiger partial charge is 0.238 e. The van der Waals surface area contributed by atoms with Gasteiger partial charge >= 0.3 is 0 Å². The second-order valence-electron chi connectivity index (χ2n) is 4.53. The van der Waals surface area contributed by atoms with Crippen LogP contribution in [0.3, 0.4) is 0 Å². The molecule has 0 bridgehead atoms. The van der Waals surface area contributed by atoms with Gasteiger partial charge in [-0.3, -0.25) is 0 Å². The molecule has 5 nitrogen and oxygen atoms in total. The molecule has 0 aliphatic rings. The van der Waals surface area contributed by atoms with Crippen LogP contribution in [0.15, 0.2) is 22.6 Å². The van der Waals surface area contributed by atoms with Crippen LogP contribution in [0.1, 0.15) is 30.0 Å². The van der Waals surface area contributed by atoms with Crippen LogP contribution in [0.2, 0.25) is 0 Å². The van der Waals surface area contributed by atoms with Crippen LogP contribution >= 0.6 is 0 Å². The number of nitrogens with two attached hydrogens (primary N) is 1. The minimum atomic E-state index is 0.0956. The first-order chi connectivity index (χ1) is 9.01. The lowest BCUT2D eigenvalue weighted by Gasteiger charge is -2.15. The maximum absolute atomic E-state index is 5.74. The molecule has 19 heavy (non-hydrogen) atoms. The number of hydrogen-bond acceptors (Lipinski definition) is 5. The molecule has 0 radical (unpaired) electrons. The van der Waals surface area contributed by atoms with E-state index in [1.54, 1.807) is 13.2 Å². The summed E-state index contributed by atoms with van der Waals surface area (Å²) in [5, 5.41) is 3.31. The van der Waals surface area contributed by atoms with Crippen LogP contribution in [-0.2, 0) is 0 Å². The zero-order chi connectivity index (χ0) is 14.0. The molecule has 2 rings (SSSR count). The zero-order valence-corrected chi connectivity index (χ0v) is 11.7. The van der Waals surface area contributed by atoms with Gasteiger partial charge in [-0.05, 0) is 39.0 Å². The molecule has 0 spiro atoms. The van der Waals surface area contributed by atoms with E-state index in [9.17, 15) is 0 Å². The van der Waals surface area contributed by atoms with Gasteiger partial charge in [0.1, 0.15) is 17.3 Å². The van der Waals surface area contributed by atoms with Crippen molar-refractivity contribution < 1.29 is 9.15 Å². The average Bonchev–Trinajstić information content (AvgIpc) is 2.71. The number of ether oxygens (including phenoxy) is 1. The quantitative estimate of drug-likeness (QED) is 0.884. The lowest BCUT2D eigenvalue weighted by atomic mass is 10.1. The minimum absolute atomic E-state index is 0.0956. The number of furan rings is 1. The SMILES string of the molecule is COc1nc(NC(C)c2cc(C)oc2C)ccc1N. The van der Waals surface area contributed by atoms with Crippen molar-refractivity contribution in [3.63, 3.8) is 0 Å². The molecule has 2 aromatic heterocycles. The maximum Gasteiger partial charge on any atom is 0.238 e. The molecule has 3 N–H and O–H groups in total. The first-order valence-electron chi connectivity index (χ1n) is 6.15. The van der Waals surface area contributed by atoms with Crippen LogP contribution in [-0.4, -0.2) is 12.1 Å². The number of anilines is 2. The topological polar surface area (TPSA) is 73.3 Å². The molecule has 1 unspecified atom stereocenters. The molecule has 0 aliphatic heterocycles. The van der Waals surface area contributed by atoms with E-state index in [1.807, 2.05) is 26.0 Å². The second kappa shape index (κ2) is 5.22. The van der Waals surface area contributed by atoms with E-state index in [0.29, 0.717) is 11.6 Å². The Kier molecular flexibility index (Phi) is 3.64. The third-order valence-electron chi connectivity index (χ3n) is 2.99. The van der Waals surface area contributed by atoms with E-state index < -0.39 is 0 Å². The molecule has 102 valence electrons. The molecule has 2 aromatic rings. The van der Waals surface area contributed by atoms with Gasteiger partial charge in [-0.2, -0.15) is 4.98 Å². The fraction of sp³-hybridized carbons (Fsp3) is 0.357. The van der Waals surface area contributed by atoms with Gasteiger partial charge in [-0.25, -0.2) is 0 Å². The van der Waals surface area contributed by atoms with E-state index in [1.165, 1.54) is 0 Å². The van der Waals surface area contributed by atoms with Crippen LogP contribution in [0.5, 0.6) is 5.88 Å². The van der Waals surface area contributed by atoms with Gasteiger partial charge in [-0.15, -0.1) is 0 Å². The third kappa shape index (κ3) is 2.81.